The van der Waals surface area contributed by atoms with E-state index in [2.05, 4.69) is 34.6 Å². The first kappa shape index (κ1) is 23.5. The van der Waals surface area contributed by atoms with Gasteiger partial charge in [-0.15, -0.1) is 11.3 Å². The van der Waals surface area contributed by atoms with Gasteiger partial charge in [0.2, 0.25) is 5.91 Å². The van der Waals surface area contributed by atoms with Crippen LogP contribution in [0.3, 0.4) is 0 Å². The first-order chi connectivity index (χ1) is 16.2. The highest BCUT2D eigenvalue weighted by molar-refractivity contribution is 7.09. The van der Waals surface area contributed by atoms with E-state index in [9.17, 15) is 18.4 Å². The van der Waals surface area contributed by atoms with Gasteiger partial charge >= 0.3 is 0 Å². The molecule has 6 nitrogen and oxygen atoms in total. The second kappa shape index (κ2) is 9.69. The Labute approximate surface area is 199 Å². The fourth-order valence-corrected chi connectivity index (χ4v) is 4.58. The highest BCUT2D eigenvalue weighted by Crippen LogP contribution is 2.31. The third-order valence-electron chi connectivity index (χ3n) is 5.62. The van der Waals surface area contributed by atoms with Crippen molar-refractivity contribution in [2.24, 2.45) is 0 Å². The number of thiazole rings is 1. The van der Waals surface area contributed by atoms with E-state index >= 15 is 0 Å². The maximum atomic E-state index is 13.5. The Morgan fingerprint density at radius 2 is 1.82 bits per heavy atom. The molecule has 1 fully saturated rings. The Bertz CT molecular complexity index is 1230. The summed E-state index contributed by atoms with van der Waals surface area (Å²) in [6, 6.07) is 17.0. The number of aryl methyl sites for hydroxylation is 1. The summed E-state index contributed by atoms with van der Waals surface area (Å²) in [6.07, 6.45) is -0.137. The van der Waals surface area contributed by atoms with Gasteiger partial charge < -0.3 is 10.2 Å². The fourth-order valence-electron chi connectivity index (χ4n) is 3.77. The van der Waals surface area contributed by atoms with Gasteiger partial charge in [0.05, 0.1) is 24.2 Å². The second-order valence-electron chi connectivity index (χ2n) is 8.28. The van der Waals surface area contributed by atoms with E-state index < -0.39 is 43.3 Å². The zero-order valence-corrected chi connectivity index (χ0v) is 19.2. The van der Waals surface area contributed by atoms with E-state index in [0.717, 1.165) is 26.6 Å². The zero-order chi connectivity index (χ0) is 24.3. The van der Waals surface area contributed by atoms with Crippen molar-refractivity contribution in [3.05, 3.63) is 75.7 Å². The highest BCUT2D eigenvalue weighted by Gasteiger charge is 2.47. The van der Waals surface area contributed by atoms with Crippen molar-refractivity contribution in [2.45, 2.75) is 31.7 Å². The molecule has 2 heterocycles. The zero-order valence-electron chi connectivity index (χ0n) is 18.4. The lowest BCUT2D eigenvalue weighted by Gasteiger charge is -2.19. The molecule has 3 aromatic rings. The average molecular weight is 481 g/mol. The van der Waals surface area contributed by atoms with Crippen molar-refractivity contribution >= 4 is 23.2 Å². The van der Waals surface area contributed by atoms with E-state index in [1.54, 1.807) is 11.4 Å². The summed E-state index contributed by atoms with van der Waals surface area (Å²) < 4.78 is 27.0. The van der Waals surface area contributed by atoms with Crippen LogP contribution in [0.2, 0.25) is 0 Å². The average Bonchev–Trinajstić information content (AvgIpc) is 3.42. The smallest absolute Gasteiger partial charge is 0.271 e. The Morgan fingerprint density at radius 3 is 2.47 bits per heavy atom. The number of hydrogen-bond donors (Lipinski definition) is 1. The molecule has 1 aliphatic rings. The van der Waals surface area contributed by atoms with Crippen LogP contribution in [-0.2, 0) is 11.2 Å². The lowest BCUT2D eigenvalue weighted by molar-refractivity contribution is -0.131. The van der Waals surface area contributed by atoms with E-state index in [1.807, 2.05) is 31.2 Å². The number of hydrogen-bond acceptors (Lipinski definition) is 5. The van der Waals surface area contributed by atoms with Crippen molar-refractivity contribution in [2.75, 3.05) is 13.1 Å². The fraction of sp³-hybridized carbons (Fsp3) is 0.280. The van der Waals surface area contributed by atoms with Crippen molar-refractivity contribution < 1.29 is 18.4 Å². The molecule has 0 bridgehead atoms. The van der Waals surface area contributed by atoms with Crippen LogP contribution in [0.25, 0.3) is 11.1 Å². The van der Waals surface area contributed by atoms with Crippen molar-refractivity contribution in [3.63, 3.8) is 0 Å². The first-order valence-electron chi connectivity index (χ1n) is 10.7. The van der Waals surface area contributed by atoms with E-state index in [-0.39, 0.29) is 5.69 Å². The van der Waals surface area contributed by atoms with Gasteiger partial charge in [-0.25, -0.2) is 13.8 Å². The second-order valence-corrected chi connectivity index (χ2v) is 9.22. The lowest BCUT2D eigenvalue weighted by Crippen LogP contribution is -2.43. The Kier molecular flexibility index (Phi) is 6.70. The predicted octanol–water partition coefficient (Wildman–Crippen LogP) is 4.20. The molecule has 2 amide bonds. The van der Waals surface area contributed by atoms with Crippen LogP contribution in [0, 0.1) is 18.3 Å². The number of halogens is 2. The van der Waals surface area contributed by atoms with Gasteiger partial charge in [0.15, 0.2) is 0 Å². The molecule has 9 heteroatoms. The Morgan fingerprint density at radius 1 is 1.18 bits per heavy atom. The van der Waals surface area contributed by atoms with Crippen LogP contribution in [0.4, 0.5) is 8.78 Å². The van der Waals surface area contributed by atoms with Gasteiger partial charge in [-0.05, 0) is 23.6 Å². The molecule has 4 rings (SSSR count). The van der Waals surface area contributed by atoms with Gasteiger partial charge in [0.25, 0.3) is 11.8 Å². The van der Waals surface area contributed by atoms with Gasteiger partial charge in [-0.1, -0.05) is 54.1 Å². The van der Waals surface area contributed by atoms with Crippen molar-refractivity contribution in [1.82, 2.24) is 15.2 Å². The number of rotatable bonds is 6. The normalized spacial score (nSPS) is 16.8. The molecule has 0 radical (unpaired) electrons. The van der Waals surface area contributed by atoms with Crippen LogP contribution in [0.15, 0.2) is 53.9 Å². The predicted molar refractivity (Wildman–Crippen MR) is 125 cm³/mol. The topological polar surface area (TPSA) is 86.1 Å². The molecule has 1 atom stereocenters. The number of nitrogens with zero attached hydrogens (tertiary/aromatic N) is 3. The van der Waals surface area contributed by atoms with Gasteiger partial charge in [-0.3, -0.25) is 9.59 Å². The maximum absolute atomic E-state index is 13.5. The number of nitriles is 1. The summed E-state index contributed by atoms with van der Waals surface area (Å²) in [4.78, 5) is 29.8. The van der Waals surface area contributed by atoms with E-state index in [1.165, 1.54) is 16.9 Å². The number of carbonyl (C=O) groups excluding carboxylic acids is 2. The van der Waals surface area contributed by atoms with Gasteiger partial charge in [0, 0.05) is 18.2 Å². The molecule has 0 spiro atoms. The number of alkyl halides is 2. The lowest BCUT2D eigenvalue weighted by atomic mass is 10.0. The largest absolute Gasteiger partial charge is 0.342 e. The van der Waals surface area contributed by atoms with Crippen LogP contribution in [0.5, 0.6) is 0 Å². The molecule has 0 saturated carbocycles. The van der Waals surface area contributed by atoms with E-state index in [4.69, 9.17) is 5.26 Å². The molecule has 1 saturated heterocycles. The van der Waals surface area contributed by atoms with Crippen LogP contribution < -0.4 is 5.32 Å². The number of carbonyl (C=O) groups is 2. The molecule has 1 aliphatic heterocycles. The molecule has 0 unspecified atom stereocenters. The summed E-state index contributed by atoms with van der Waals surface area (Å²) in [5.41, 5.74) is 4.66. The Balaban J connectivity index is 1.32. The quantitative estimate of drug-likeness (QED) is 0.573. The number of amides is 2. The molecular weight excluding hydrogens is 458 g/mol. The molecular formula is C25H22F2N4O2S. The van der Waals surface area contributed by atoms with Gasteiger partial charge in [-0.2, -0.15) is 5.26 Å². The summed E-state index contributed by atoms with van der Waals surface area (Å²) in [5, 5.41) is 13.8. The SMILES string of the molecule is Cc1ccc(-c2ccc(Cc3nc(C(=O)NCC(=O)N4CC(F)(F)C[C@H]4C#N)cs3)cc2)cc1. The molecule has 34 heavy (non-hydrogen) atoms. The maximum Gasteiger partial charge on any atom is 0.271 e. The minimum Gasteiger partial charge on any atom is -0.342 e. The third kappa shape index (κ3) is 5.46. The molecule has 0 aliphatic carbocycles. The first-order valence-corrected chi connectivity index (χ1v) is 11.6. The molecule has 2 aromatic carbocycles. The minimum atomic E-state index is -3.10. The van der Waals surface area contributed by atoms with Crippen LogP contribution in [-0.4, -0.2) is 46.8 Å². The number of benzene rings is 2. The standard InChI is InChI=1S/C25H22F2N4O2S/c1-16-2-6-18(7-3-16)19-8-4-17(5-9-19)10-22-30-21(14-34-22)24(33)29-13-23(32)31-15-25(26,27)11-20(31)12-28/h2-9,14,20H,10-11,13,15H2,1H3,(H,29,33)/t20-/m0/s1. The number of aromatic nitrogens is 1. The Hall–Kier alpha value is -3.64. The molecule has 1 aromatic heterocycles. The van der Waals surface area contributed by atoms with Crippen molar-refractivity contribution in [3.8, 4) is 17.2 Å². The van der Waals surface area contributed by atoms with Crippen molar-refractivity contribution in [1.29, 1.82) is 5.26 Å². The summed E-state index contributed by atoms with van der Waals surface area (Å²) >= 11 is 1.33. The number of nitrogens with one attached hydrogen (secondary N) is 1. The minimum absolute atomic E-state index is 0.160. The summed E-state index contributed by atoms with van der Waals surface area (Å²) in [6.45, 7) is 0.760. The summed E-state index contributed by atoms with van der Waals surface area (Å²) in [5.74, 6) is -4.38. The van der Waals surface area contributed by atoms with Crippen LogP contribution >= 0.6 is 11.3 Å². The third-order valence-corrected chi connectivity index (χ3v) is 6.47. The van der Waals surface area contributed by atoms with E-state index in [0.29, 0.717) is 6.42 Å². The number of likely N-dealkylation sites (tertiary alicyclic amines) is 1. The monoisotopic (exact) mass is 480 g/mol. The molecule has 174 valence electrons. The van der Waals surface area contributed by atoms with Crippen LogP contribution in [0.1, 0.15) is 33.0 Å². The van der Waals surface area contributed by atoms with Gasteiger partial charge in [0.1, 0.15) is 11.7 Å². The molecule has 1 N–H and O–H groups in total. The highest BCUT2D eigenvalue weighted by atomic mass is 32.1. The summed E-state index contributed by atoms with van der Waals surface area (Å²) in [7, 11) is 0.